The van der Waals surface area contributed by atoms with E-state index in [2.05, 4.69) is 17.0 Å². The van der Waals surface area contributed by atoms with Crippen LogP contribution < -0.4 is 0 Å². The summed E-state index contributed by atoms with van der Waals surface area (Å²) in [5.74, 6) is 1.94. The molecule has 0 aliphatic carbocycles. The van der Waals surface area contributed by atoms with Crippen LogP contribution in [0.15, 0.2) is 6.33 Å². The fraction of sp³-hybridized carbons (Fsp3) is 0.714. The second-order valence-electron chi connectivity index (χ2n) is 3.00. The smallest absolute Gasteiger partial charge is 0.138 e. The van der Waals surface area contributed by atoms with Crippen LogP contribution in [-0.4, -0.2) is 14.8 Å². The predicted octanol–water partition coefficient (Wildman–Crippen LogP) is 0.860. The highest BCUT2D eigenvalue weighted by molar-refractivity contribution is 4.89. The van der Waals surface area contributed by atoms with Gasteiger partial charge in [0.2, 0.25) is 0 Å². The maximum absolute atomic E-state index is 4.16. The van der Waals surface area contributed by atoms with E-state index in [0.717, 1.165) is 24.7 Å². The molecule has 0 aromatic carbocycles. The molecule has 0 saturated carbocycles. The summed E-state index contributed by atoms with van der Waals surface area (Å²) in [7, 11) is 0. The molecule has 54 valence electrons. The summed E-state index contributed by atoms with van der Waals surface area (Å²) in [6.45, 7) is 3.31. The van der Waals surface area contributed by atoms with Crippen LogP contribution in [0.2, 0.25) is 0 Å². The second-order valence-corrected chi connectivity index (χ2v) is 3.00. The molecule has 0 fully saturated rings. The molecule has 2 heterocycles. The molecular weight excluding hydrogens is 126 g/mol. The van der Waals surface area contributed by atoms with Crippen molar-refractivity contribution in [2.45, 2.75) is 26.3 Å². The predicted molar refractivity (Wildman–Crippen MR) is 37.5 cm³/mol. The van der Waals surface area contributed by atoms with Gasteiger partial charge in [-0.3, -0.25) is 4.68 Å². The summed E-state index contributed by atoms with van der Waals surface area (Å²) < 4.78 is 2.00. The highest BCUT2D eigenvalue weighted by Gasteiger charge is 2.15. The molecular formula is C7H11N3. The standard InChI is InChI=1S/C7H11N3/c1-6-2-3-10-7(4-6)8-5-9-10/h5-6H,2-4H2,1H3. The number of fused-ring (bicyclic) bond motifs is 1. The average Bonchev–Trinajstić information content (AvgIpc) is 2.33. The zero-order valence-corrected chi connectivity index (χ0v) is 6.12. The molecule has 0 bridgehead atoms. The monoisotopic (exact) mass is 137 g/mol. The van der Waals surface area contributed by atoms with Gasteiger partial charge in [0.15, 0.2) is 0 Å². The van der Waals surface area contributed by atoms with Crippen LogP contribution in [0.4, 0.5) is 0 Å². The number of rotatable bonds is 0. The van der Waals surface area contributed by atoms with Crippen molar-refractivity contribution in [2.75, 3.05) is 0 Å². The lowest BCUT2D eigenvalue weighted by Gasteiger charge is -2.17. The van der Waals surface area contributed by atoms with Gasteiger partial charge in [-0.2, -0.15) is 5.10 Å². The highest BCUT2D eigenvalue weighted by Crippen LogP contribution is 2.16. The van der Waals surface area contributed by atoms with Gasteiger partial charge < -0.3 is 0 Å². The van der Waals surface area contributed by atoms with E-state index in [4.69, 9.17) is 0 Å². The van der Waals surface area contributed by atoms with Crippen molar-refractivity contribution in [1.29, 1.82) is 0 Å². The van der Waals surface area contributed by atoms with E-state index >= 15 is 0 Å². The molecule has 0 N–H and O–H groups in total. The third kappa shape index (κ3) is 0.818. The van der Waals surface area contributed by atoms with Crippen LogP contribution >= 0.6 is 0 Å². The topological polar surface area (TPSA) is 30.7 Å². The van der Waals surface area contributed by atoms with Crippen molar-refractivity contribution in [2.24, 2.45) is 5.92 Å². The first-order chi connectivity index (χ1) is 4.86. The van der Waals surface area contributed by atoms with Crippen molar-refractivity contribution in [3.05, 3.63) is 12.2 Å². The van der Waals surface area contributed by atoms with Crippen LogP contribution in [0.5, 0.6) is 0 Å². The third-order valence-corrected chi connectivity index (χ3v) is 2.06. The summed E-state index contributed by atoms with van der Waals surface area (Å²) in [6.07, 6.45) is 3.99. The Morgan fingerprint density at radius 1 is 1.70 bits per heavy atom. The summed E-state index contributed by atoms with van der Waals surface area (Å²) >= 11 is 0. The Hall–Kier alpha value is -0.860. The molecule has 0 radical (unpaired) electrons. The maximum atomic E-state index is 4.16. The minimum Gasteiger partial charge on any atom is -0.250 e. The maximum Gasteiger partial charge on any atom is 0.138 e. The summed E-state index contributed by atoms with van der Waals surface area (Å²) in [4.78, 5) is 4.16. The molecule has 2 rings (SSSR count). The molecule has 1 aliphatic rings. The van der Waals surface area contributed by atoms with Gasteiger partial charge in [0.1, 0.15) is 12.2 Å². The Bertz CT molecular complexity index is 229. The van der Waals surface area contributed by atoms with Crippen molar-refractivity contribution in [3.8, 4) is 0 Å². The largest absolute Gasteiger partial charge is 0.250 e. The number of nitrogens with zero attached hydrogens (tertiary/aromatic N) is 3. The summed E-state index contributed by atoms with van der Waals surface area (Å²) in [5, 5.41) is 4.10. The van der Waals surface area contributed by atoms with Crippen molar-refractivity contribution in [1.82, 2.24) is 14.8 Å². The first kappa shape index (κ1) is 5.89. The van der Waals surface area contributed by atoms with Gasteiger partial charge in [0.25, 0.3) is 0 Å². The van der Waals surface area contributed by atoms with Crippen LogP contribution in [0.25, 0.3) is 0 Å². The van der Waals surface area contributed by atoms with E-state index in [0.29, 0.717) is 0 Å². The lowest BCUT2D eigenvalue weighted by atomic mass is 10.0. The van der Waals surface area contributed by atoms with E-state index in [1.807, 2.05) is 4.68 Å². The van der Waals surface area contributed by atoms with Gasteiger partial charge in [-0.05, 0) is 12.3 Å². The zero-order chi connectivity index (χ0) is 6.97. The molecule has 1 aliphatic heterocycles. The molecule has 0 saturated heterocycles. The molecule has 0 spiro atoms. The second kappa shape index (κ2) is 2.08. The molecule has 10 heavy (non-hydrogen) atoms. The van der Waals surface area contributed by atoms with E-state index in [1.54, 1.807) is 6.33 Å². The minimum atomic E-state index is 0.789. The van der Waals surface area contributed by atoms with Crippen LogP contribution in [0.3, 0.4) is 0 Å². The summed E-state index contributed by atoms with van der Waals surface area (Å²) in [6, 6.07) is 0. The van der Waals surface area contributed by atoms with Crippen molar-refractivity contribution >= 4 is 0 Å². The van der Waals surface area contributed by atoms with E-state index < -0.39 is 0 Å². The van der Waals surface area contributed by atoms with Gasteiger partial charge in [-0.25, -0.2) is 4.98 Å². The summed E-state index contributed by atoms with van der Waals surface area (Å²) in [5.41, 5.74) is 0. The zero-order valence-electron chi connectivity index (χ0n) is 6.12. The Kier molecular flexibility index (Phi) is 1.22. The van der Waals surface area contributed by atoms with Crippen LogP contribution in [-0.2, 0) is 13.0 Å². The van der Waals surface area contributed by atoms with E-state index in [9.17, 15) is 0 Å². The van der Waals surface area contributed by atoms with Gasteiger partial charge in [-0.15, -0.1) is 0 Å². The Labute approximate surface area is 60.1 Å². The van der Waals surface area contributed by atoms with Crippen LogP contribution in [0, 0.1) is 5.92 Å². The number of hydrogen-bond acceptors (Lipinski definition) is 2. The fourth-order valence-electron chi connectivity index (χ4n) is 1.39. The number of aryl methyl sites for hydroxylation is 1. The number of aromatic nitrogens is 3. The minimum absolute atomic E-state index is 0.789. The van der Waals surface area contributed by atoms with Crippen LogP contribution in [0.1, 0.15) is 19.2 Å². The number of hydrogen-bond donors (Lipinski definition) is 0. The lowest BCUT2D eigenvalue weighted by Crippen LogP contribution is -2.18. The first-order valence-electron chi connectivity index (χ1n) is 3.73. The molecule has 3 nitrogen and oxygen atoms in total. The molecule has 1 atom stereocenters. The quantitative estimate of drug-likeness (QED) is 0.531. The normalized spacial score (nSPS) is 24.3. The molecule has 1 aromatic rings. The Balaban J connectivity index is 2.30. The molecule has 3 heteroatoms. The fourth-order valence-corrected chi connectivity index (χ4v) is 1.39. The van der Waals surface area contributed by atoms with Crippen molar-refractivity contribution in [3.63, 3.8) is 0 Å². The van der Waals surface area contributed by atoms with Gasteiger partial charge >= 0.3 is 0 Å². The molecule has 1 unspecified atom stereocenters. The highest BCUT2D eigenvalue weighted by atomic mass is 15.3. The Morgan fingerprint density at radius 3 is 3.50 bits per heavy atom. The first-order valence-corrected chi connectivity index (χ1v) is 3.73. The third-order valence-electron chi connectivity index (χ3n) is 2.06. The van der Waals surface area contributed by atoms with E-state index in [-0.39, 0.29) is 0 Å². The lowest BCUT2D eigenvalue weighted by molar-refractivity contribution is 0.386. The average molecular weight is 137 g/mol. The van der Waals surface area contributed by atoms with Gasteiger partial charge in [-0.1, -0.05) is 6.92 Å². The molecule has 1 aromatic heterocycles. The Morgan fingerprint density at radius 2 is 2.60 bits per heavy atom. The van der Waals surface area contributed by atoms with E-state index in [1.165, 1.54) is 6.42 Å². The molecule has 0 amide bonds. The van der Waals surface area contributed by atoms with Crippen molar-refractivity contribution < 1.29 is 0 Å². The SMILES string of the molecule is CC1CCn2ncnc2C1. The van der Waals surface area contributed by atoms with Gasteiger partial charge in [0, 0.05) is 13.0 Å². The van der Waals surface area contributed by atoms with Gasteiger partial charge in [0.05, 0.1) is 0 Å².